The van der Waals surface area contributed by atoms with Crippen molar-refractivity contribution in [3.05, 3.63) is 52.8 Å². The molecule has 2 rings (SSSR count). The molecule has 0 aliphatic heterocycles. The number of hydrogen-bond donors (Lipinski definition) is 1. The van der Waals surface area contributed by atoms with Crippen LogP contribution in [0.15, 0.2) is 36.5 Å². The predicted molar refractivity (Wildman–Crippen MR) is 74.6 cm³/mol. The monoisotopic (exact) mass is 263 g/mol. The minimum Gasteiger partial charge on any atom is -0.305 e. The third-order valence-electron chi connectivity index (χ3n) is 3.04. The first-order valence-corrected chi connectivity index (χ1v) is 6.58. The first-order chi connectivity index (χ1) is 8.70. The second-order valence-corrected chi connectivity index (χ2v) is 4.73. The fourth-order valence-corrected chi connectivity index (χ4v) is 2.15. The largest absolute Gasteiger partial charge is 0.305 e. The van der Waals surface area contributed by atoms with Crippen LogP contribution in [0.3, 0.4) is 0 Å². The minimum absolute atomic E-state index is 0.268. The number of nitrogens with one attached hydrogen (secondary N) is 1. The molecule has 0 aliphatic rings. The summed E-state index contributed by atoms with van der Waals surface area (Å²) in [4.78, 5) is 0. The molecule has 1 heterocycles. The van der Waals surface area contributed by atoms with Gasteiger partial charge < -0.3 is 5.32 Å². The van der Waals surface area contributed by atoms with Gasteiger partial charge in [-0.1, -0.05) is 23.7 Å². The van der Waals surface area contributed by atoms with Crippen molar-refractivity contribution in [2.24, 2.45) is 0 Å². The lowest BCUT2D eigenvalue weighted by molar-refractivity contribution is 0.531. The summed E-state index contributed by atoms with van der Waals surface area (Å²) in [5.41, 5.74) is 2.40. The summed E-state index contributed by atoms with van der Waals surface area (Å²) in [5.74, 6) is 0. The molecule has 1 aromatic carbocycles. The van der Waals surface area contributed by atoms with Gasteiger partial charge in [-0.2, -0.15) is 5.10 Å². The second-order valence-electron chi connectivity index (χ2n) is 4.30. The van der Waals surface area contributed by atoms with E-state index in [1.54, 1.807) is 0 Å². The van der Waals surface area contributed by atoms with E-state index in [4.69, 9.17) is 11.6 Å². The number of halogens is 1. The molecular weight excluding hydrogens is 246 g/mol. The third-order valence-corrected chi connectivity index (χ3v) is 3.28. The summed E-state index contributed by atoms with van der Waals surface area (Å²) < 4.78 is 2.00. The molecule has 0 saturated heterocycles. The summed E-state index contributed by atoms with van der Waals surface area (Å²) in [5, 5.41) is 8.52. The normalized spacial score (nSPS) is 12.6. The Morgan fingerprint density at radius 1 is 1.39 bits per heavy atom. The van der Waals surface area contributed by atoms with Crippen LogP contribution in [-0.2, 0) is 13.1 Å². The number of aryl methyl sites for hydroxylation is 1. The van der Waals surface area contributed by atoms with Crippen LogP contribution in [0.4, 0.5) is 0 Å². The lowest BCUT2D eigenvalue weighted by Crippen LogP contribution is -2.20. The van der Waals surface area contributed by atoms with Crippen LogP contribution in [0.5, 0.6) is 0 Å². The van der Waals surface area contributed by atoms with E-state index in [1.165, 1.54) is 11.3 Å². The van der Waals surface area contributed by atoms with Crippen molar-refractivity contribution in [2.45, 2.75) is 33.0 Å². The molecule has 0 aliphatic carbocycles. The molecule has 0 bridgehead atoms. The van der Waals surface area contributed by atoms with Crippen LogP contribution in [0, 0.1) is 0 Å². The second kappa shape index (κ2) is 6.03. The van der Waals surface area contributed by atoms with Gasteiger partial charge in [-0.15, -0.1) is 0 Å². The van der Waals surface area contributed by atoms with Gasteiger partial charge in [0.05, 0.1) is 5.69 Å². The van der Waals surface area contributed by atoms with Gasteiger partial charge in [0, 0.05) is 30.4 Å². The quantitative estimate of drug-likeness (QED) is 0.896. The van der Waals surface area contributed by atoms with Gasteiger partial charge in [0.1, 0.15) is 0 Å². The highest BCUT2D eigenvalue weighted by Gasteiger charge is 2.07. The topological polar surface area (TPSA) is 29.9 Å². The number of benzene rings is 1. The van der Waals surface area contributed by atoms with E-state index in [0.29, 0.717) is 0 Å². The third kappa shape index (κ3) is 3.12. The first kappa shape index (κ1) is 13.1. The molecule has 0 spiro atoms. The Morgan fingerprint density at radius 2 is 2.22 bits per heavy atom. The summed E-state index contributed by atoms with van der Waals surface area (Å²) in [6.45, 7) is 5.94. The van der Waals surface area contributed by atoms with Gasteiger partial charge in [-0.05, 0) is 37.6 Å². The molecule has 18 heavy (non-hydrogen) atoms. The van der Waals surface area contributed by atoms with Gasteiger partial charge in [0.2, 0.25) is 0 Å². The molecule has 0 fully saturated rings. The summed E-state index contributed by atoms with van der Waals surface area (Å²) >= 11 is 5.99. The fourth-order valence-electron chi connectivity index (χ4n) is 1.95. The van der Waals surface area contributed by atoms with Crippen LogP contribution < -0.4 is 5.32 Å². The molecule has 3 nitrogen and oxygen atoms in total. The smallest absolute Gasteiger partial charge is 0.0522 e. The predicted octanol–water partition coefficient (Wildman–Crippen LogP) is 3.41. The molecule has 0 amide bonds. The molecule has 2 aromatic rings. The molecule has 96 valence electrons. The maximum atomic E-state index is 5.99. The first-order valence-electron chi connectivity index (χ1n) is 6.20. The Hall–Kier alpha value is -1.32. The van der Waals surface area contributed by atoms with Crippen LogP contribution in [0.2, 0.25) is 5.02 Å². The molecule has 1 N–H and O–H groups in total. The van der Waals surface area contributed by atoms with Gasteiger partial charge in [-0.25, -0.2) is 0 Å². The lowest BCUT2D eigenvalue weighted by Gasteiger charge is -2.15. The number of aromatic nitrogens is 2. The zero-order chi connectivity index (χ0) is 13.0. The minimum atomic E-state index is 0.268. The Balaban J connectivity index is 1.98. The van der Waals surface area contributed by atoms with Crippen LogP contribution in [0.25, 0.3) is 0 Å². The fraction of sp³-hybridized carbons (Fsp3) is 0.357. The van der Waals surface area contributed by atoms with Crippen molar-refractivity contribution >= 4 is 11.6 Å². The number of nitrogens with zero attached hydrogens (tertiary/aromatic N) is 2. The average Bonchev–Trinajstić information content (AvgIpc) is 2.83. The van der Waals surface area contributed by atoms with E-state index in [2.05, 4.69) is 30.3 Å². The van der Waals surface area contributed by atoms with Gasteiger partial charge in [-0.3, -0.25) is 4.68 Å². The molecule has 1 aromatic heterocycles. The molecule has 0 saturated carbocycles. The molecule has 4 heteroatoms. The average molecular weight is 264 g/mol. The summed E-state index contributed by atoms with van der Waals surface area (Å²) in [6, 6.07) is 10.3. The van der Waals surface area contributed by atoms with Crippen molar-refractivity contribution in [3.63, 3.8) is 0 Å². The number of hydrogen-bond acceptors (Lipinski definition) is 2. The van der Waals surface area contributed by atoms with E-state index in [-0.39, 0.29) is 6.04 Å². The van der Waals surface area contributed by atoms with E-state index in [0.717, 1.165) is 18.1 Å². The van der Waals surface area contributed by atoms with Crippen LogP contribution >= 0.6 is 11.6 Å². The summed E-state index contributed by atoms with van der Waals surface area (Å²) in [7, 11) is 0. The Kier molecular flexibility index (Phi) is 4.39. The van der Waals surface area contributed by atoms with Gasteiger partial charge in [0.15, 0.2) is 0 Å². The van der Waals surface area contributed by atoms with E-state index in [1.807, 2.05) is 35.1 Å². The maximum absolute atomic E-state index is 5.99. The van der Waals surface area contributed by atoms with Gasteiger partial charge >= 0.3 is 0 Å². The van der Waals surface area contributed by atoms with E-state index < -0.39 is 0 Å². The highest BCUT2D eigenvalue weighted by atomic mass is 35.5. The SMILES string of the molecule is CCn1nccc1CN[C@H](C)c1cccc(Cl)c1. The standard InChI is InChI=1S/C14H18ClN3/c1-3-18-14(7-8-17-18)10-16-11(2)12-5-4-6-13(15)9-12/h4-9,11,16H,3,10H2,1-2H3/t11-/m1/s1. The molecular formula is C14H18ClN3. The van der Waals surface area contributed by atoms with Crippen molar-refractivity contribution in [3.8, 4) is 0 Å². The van der Waals surface area contributed by atoms with E-state index in [9.17, 15) is 0 Å². The van der Waals surface area contributed by atoms with Gasteiger partial charge in [0.25, 0.3) is 0 Å². The van der Waals surface area contributed by atoms with Crippen molar-refractivity contribution in [1.82, 2.24) is 15.1 Å². The van der Waals surface area contributed by atoms with Crippen LogP contribution in [-0.4, -0.2) is 9.78 Å². The number of rotatable bonds is 5. The maximum Gasteiger partial charge on any atom is 0.0522 e. The van der Waals surface area contributed by atoms with Crippen LogP contribution in [0.1, 0.15) is 31.1 Å². The zero-order valence-electron chi connectivity index (χ0n) is 10.7. The zero-order valence-corrected chi connectivity index (χ0v) is 11.5. The van der Waals surface area contributed by atoms with E-state index >= 15 is 0 Å². The Morgan fingerprint density at radius 3 is 2.94 bits per heavy atom. The summed E-state index contributed by atoms with van der Waals surface area (Å²) in [6.07, 6.45) is 1.84. The highest BCUT2D eigenvalue weighted by Crippen LogP contribution is 2.17. The Bertz CT molecular complexity index is 507. The lowest BCUT2D eigenvalue weighted by atomic mass is 10.1. The Labute approximate surface area is 113 Å². The van der Waals surface area contributed by atoms with Crippen molar-refractivity contribution in [2.75, 3.05) is 0 Å². The molecule has 0 unspecified atom stereocenters. The highest BCUT2D eigenvalue weighted by molar-refractivity contribution is 6.30. The van der Waals surface area contributed by atoms with Crippen molar-refractivity contribution in [1.29, 1.82) is 0 Å². The molecule has 0 radical (unpaired) electrons. The van der Waals surface area contributed by atoms with Crippen molar-refractivity contribution < 1.29 is 0 Å². The molecule has 1 atom stereocenters.